The Labute approximate surface area is 133 Å². The lowest BCUT2D eigenvalue weighted by Crippen LogP contribution is -2.44. The first-order chi connectivity index (χ1) is 11.1. The number of rotatable bonds is 5. The fourth-order valence-corrected chi connectivity index (χ4v) is 1.98. The summed E-state index contributed by atoms with van der Waals surface area (Å²) in [5, 5.41) is 17.7. The lowest BCUT2D eigenvalue weighted by molar-refractivity contribution is -0.274. The number of carbonyl (C=O) groups excluding carboxylic acids is 1. The standard InChI is InChI=1S/C14H14F3N3O4/c1-8-2-4-10(24-8)13(23,14(15,16)17)6-7-18-12(22)9-3-5-11(21)20-19-9/h2-5,23H,6-7H2,1H3,(H,18,22)(H,20,21)/t13-/m1/s1. The summed E-state index contributed by atoms with van der Waals surface area (Å²) >= 11 is 0. The van der Waals surface area contributed by atoms with E-state index in [1.807, 2.05) is 5.10 Å². The molecule has 2 aromatic rings. The SMILES string of the molecule is Cc1ccc([C@](O)(CCNC(=O)c2ccc(=O)[nH]n2)C(F)(F)F)o1. The van der Waals surface area contributed by atoms with Crippen molar-refractivity contribution in [2.45, 2.75) is 25.1 Å². The molecular weight excluding hydrogens is 331 g/mol. The van der Waals surface area contributed by atoms with Crippen LogP contribution in [0.15, 0.2) is 33.5 Å². The Morgan fingerprint density at radius 3 is 2.54 bits per heavy atom. The minimum Gasteiger partial charge on any atom is -0.463 e. The number of carbonyl (C=O) groups is 1. The monoisotopic (exact) mass is 345 g/mol. The van der Waals surface area contributed by atoms with Crippen molar-refractivity contribution in [3.05, 3.63) is 51.8 Å². The lowest BCUT2D eigenvalue weighted by atomic mass is 9.95. The largest absolute Gasteiger partial charge is 0.463 e. The summed E-state index contributed by atoms with van der Waals surface area (Å²) < 4.78 is 44.5. The molecule has 3 N–H and O–H groups in total. The van der Waals surface area contributed by atoms with Gasteiger partial charge in [0.2, 0.25) is 5.60 Å². The minimum atomic E-state index is -4.99. The highest BCUT2D eigenvalue weighted by molar-refractivity contribution is 5.91. The Kier molecular flexibility index (Phi) is 4.78. The van der Waals surface area contributed by atoms with Crippen LogP contribution in [0, 0.1) is 6.92 Å². The summed E-state index contributed by atoms with van der Waals surface area (Å²) in [5.74, 6) is -1.22. The predicted molar refractivity (Wildman–Crippen MR) is 75.2 cm³/mol. The van der Waals surface area contributed by atoms with Crippen molar-refractivity contribution in [1.29, 1.82) is 0 Å². The van der Waals surface area contributed by atoms with E-state index in [1.165, 1.54) is 13.0 Å². The van der Waals surface area contributed by atoms with Gasteiger partial charge < -0.3 is 14.8 Å². The van der Waals surface area contributed by atoms with Gasteiger partial charge in [-0.3, -0.25) is 9.59 Å². The molecule has 0 aliphatic carbocycles. The van der Waals surface area contributed by atoms with E-state index in [4.69, 9.17) is 4.42 Å². The Morgan fingerprint density at radius 2 is 2.04 bits per heavy atom. The molecule has 0 radical (unpaired) electrons. The van der Waals surface area contributed by atoms with Gasteiger partial charge in [-0.1, -0.05) is 0 Å². The average Bonchev–Trinajstić information content (AvgIpc) is 2.93. The summed E-state index contributed by atoms with van der Waals surface area (Å²) in [4.78, 5) is 22.6. The van der Waals surface area contributed by atoms with Gasteiger partial charge in [0.25, 0.3) is 11.5 Å². The fraction of sp³-hybridized carbons (Fsp3) is 0.357. The zero-order chi connectivity index (χ0) is 18.0. The van der Waals surface area contributed by atoms with Gasteiger partial charge in [-0.15, -0.1) is 0 Å². The molecule has 0 aromatic carbocycles. The normalized spacial score (nSPS) is 14.2. The summed E-state index contributed by atoms with van der Waals surface area (Å²) in [6, 6.07) is 4.52. The summed E-state index contributed by atoms with van der Waals surface area (Å²) in [7, 11) is 0. The van der Waals surface area contributed by atoms with Gasteiger partial charge in [-0.2, -0.15) is 18.3 Å². The average molecular weight is 345 g/mol. The third kappa shape index (κ3) is 3.65. The van der Waals surface area contributed by atoms with Crippen LogP contribution in [-0.2, 0) is 5.60 Å². The Hall–Kier alpha value is -2.62. The number of alkyl halides is 3. The molecule has 0 aliphatic heterocycles. The number of furan rings is 1. The quantitative estimate of drug-likeness (QED) is 0.756. The van der Waals surface area contributed by atoms with E-state index in [2.05, 4.69) is 10.4 Å². The lowest BCUT2D eigenvalue weighted by Gasteiger charge is -2.28. The molecule has 7 nitrogen and oxygen atoms in total. The van der Waals surface area contributed by atoms with E-state index >= 15 is 0 Å². The van der Waals surface area contributed by atoms with Crippen molar-refractivity contribution in [2.24, 2.45) is 0 Å². The molecule has 0 unspecified atom stereocenters. The van der Waals surface area contributed by atoms with Crippen molar-refractivity contribution < 1.29 is 27.5 Å². The van der Waals surface area contributed by atoms with Crippen LogP contribution < -0.4 is 10.9 Å². The first-order valence-corrected chi connectivity index (χ1v) is 6.83. The molecule has 0 spiro atoms. The molecule has 1 atom stereocenters. The second-order valence-corrected chi connectivity index (χ2v) is 5.08. The van der Waals surface area contributed by atoms with E-state index in [0.717, 1.165) is 18.2 Å². The minimum absolute atomic E-state index is 0.168. The number of aliphatic hydroxyl groups is 1. The van der Waals surface area contributed by atoms with Crippen LogP contribution in [0.5, 0.6) is 0 Å². The Balaban J connectivity index is 2.07. The predicted octanol–water partition coefficient (Wildman–Crippen LogP) is 1.24. The first-order valence-electron chi connectivity index (χ1n) is 6.83. The smallest absolute Gasteiger partial charge is 0.424 e. The van der Waals surface area contributed by atoms with Crippen molar-refractivity contribution in [3.8, 4) is 0 Å². The number of aromatic amines is 1. The molecule has 10 heteroatoms. The highest BCUT2D eigenvalue weighted by Gasteiger charge is 2.56. The zero-order valence-electron chi connectivity index (χ0n) is 12.5. The van der Waals surface area contributed by atoms with Gasteiger partial charge in [-0.05, 0) is 25.1 Å². The molecule has 0 saturated heterocycles. The highest BCUT2D eigenvalue weighted by atomic mass is 19.4. The van der Waals surface area contributed by atoms with Gasteiger partial charge in [-0.25, -0.2) is 5.10 Å². The Morgan fingerprint density at radius 1 is 1.33 bits per heavy atom. The maximum Gasteiger partial charge on any atom is 0.424 e. The number of aryl methyl sites for hydroxylation is 1. The molecule has 2 aromatic heterocycles. The number of hydrogen-bond donors (Lipinski definition) is 3. The number of amides is 1. The van der Waals surface area contributed by atoms with Gasteiger partial charge in [0.1, 0.15) is 17.2 Å². The van der Waals surface area contributed by atoms with E-state index in [-0.39, 0.29) is 11.5 Å². The van der Waals surface area contributed by atoms with Gasteiger partial charge in [0.15, 0.2) is 0 Å². The number of nitrogens with one attached hydrogen (secondary N) is 2. The summed E-state index contributed by atoms with van der Waals surface area (Å²) in [6.07, 6.45) is -5.84. The zero-order valence-corrected chi connectivity index (χ0v) is 12.5. The van der Waals surface area contributed by atoms with Crippen LogP contribution in [-0.4, -0.2) is 33.9 Å². The highest BCUT2D eigenvalue weighted by Crippen LogP contribution is 2.41. The maximum atomic E-state index is 13.2. The van der Waals surface area contributed by atoms with Gasteiger partial charge in [0.05, 0.1) is 0 Å². The van der Waals surface area contributed by atoms with Crippen molar-refractivity contribution in [2.75, 3.05) is 6.54 Å². The molecule has 2 rings (SSSR count). The van der Waals surface area contributed by atoms with Crippen LogP contribution in [0.3, 0.4) is 0 Å². The van der Waals surface area contributed by atoms with Crippen LogP contribution >= 0.6 is 0 Å². The van der Waals surface area contributed by atoms with Crippen molar-refractivity contribution in [1.82, 2.24) is 15.5 Å². The molecule has 24 heavy (non-hydrogen) atoms. The second kappa shape index (κ2) is 6.48. The van der Waals surface area contributed by atoms with Gasteiger partial charge >= 0.3 is 6.18 Å². The van der Waals surface area contributed by atoms with Crippen LogP contribution in [0.1, 0.15) is 28.4 Å². The molecule has 130 valence electrons. The number of aromatic nitrogens is 2. The third-order valence-corrected chi connectivity index (χ3v) is 3.30. The topological polar surface area (TPSA) is 108 Å². The fourth-order valence-electron chi connectivity index (χ4n) is 1.98. The van der Waals surface area contributed by atoms with Gasteiger partial charge in [0, 0.05) is 19.0 Å². The molecular formula is C14H14F3N3O4. The van der Waals surface area contributed by atoms with Crippen LogP contribution in [0.4, 0.5) is 13.2 Å². The second-order valence-electron chi connectivity index (χ2n) is 5.08. The molecule has 0 aliphatic rings. The molecule has 1 amide bonds. The number of nitrogens with zero attached hydrogens (tertiary/aromatic N) is 1. The number of H-pyrrole nitrogens is 1. The van der Waals surface area contributed by atoms with Crippen LogP contribution in [0.2, 0.25) is 0 Å². The summed E-state index contributed by atoms with van der Waals surface area (Å²) in [5.41, 5.74) is -3.92. The van der Waals surface area contributed by atoms with Crippen LogP contribution in [0.25, 0.3) is 0 Å². The summed E-state index contributed by atoms with van der Waals surface area (Å²) in [6.45, 7) is 0.958. The van der Waals surface area contributed by atoms with E-state index in [0.29, 0.717) is 0 Å². The number of hydrogen-bond acceptors (Lipinski definition) is 5. The van der Waals surface area contributed by atoms with E-state index in [1.54, 1.807) is 0 Å². The third-order valence-electron chi connectivity index (χ3n) is 3.30. The van der Waals surface area contributed by atoms with Crippen molar-refractivity contribution >= 4 is 5.91 Å². The van der Waals surface area contributed by atoms with Crippen molar-refractivity contribution in [3.63, 3.8) is 0 Å². The molecule has 2 heterocycles. The van der Waals surface area contributed by atoms with E-state index < -0.39 is 42.0 Å². The number of halogens is 3. The van der Waals surface area contributed by atoms with E-state index in [9.17, 15) is 27.9 Å². The first kappa shape index (κ1) is 17.7. The molecule has 0 fully saturated rings. The molecule has 0 bridgehead atoms. The maximum absolute atomic E-state index is 13.2. The molecule has 0 saturated carbocycles. The Bertz CT molecular complexity index is 764.